The Balaban J connectivity index is 1.90. The molecule has 128 valence electrons. The van der Waals surface area contributed by atoms with E-state index in [-0.39, 0.29) is 17.5 Å². The number of rotatable bonds is 0. The number of ether oxygens (including phenoxy) is 1. The van der Waals surface area contributed by atoms with E-state index in [1.807, 2.05) is 37.3 Å². The first-order chi connectivity index (χ1) is 12.5. The molecule has 1 heterocycles. The lowest BCUT2D eigenvalue weighted by Gasteiger charge is -2.37. The predicted molar refractivity (Wildman–Crippen MR) is 95.5 cm³/mol. The minimum atomic E-state index is -1.05. The molecule has 4 heteroatoms. The van der Waals surface area contributed by atoms with Crippen molar-refractivity contribution in [2.24, 2.45) is 0 Å². The highest BCUT2D eigenvalue weighted by molar-refractivity contribution is 5.97. The summed E-state index contributed by atoms with van der Waals surface area (Å²) in [5, 5.41) is 19.9. The van der Waals surface area contributed by atoms with Crippen molar-refractivity contribution >= 4 is 5.97 Å². The van der Waals surface area contributed by atoms with Gasteiger partial charge in [0.05, 0.1) is 5.56 Å². The van der Waals surface area contributed by atoms with Gasteiger partial charge in [0.2, 0.25) is 0 Å². The number of esters is 1. The Hall–Kier alpha value is -3.27. The molecular formula is C22H16O4. The van der Waals surface area contributed by atoms with E-state index >= 15 is 0 Å². The smallest absolute Gasteiger partial charge is 0.340 e. The highest BCUT2D eigenvalue weighted by Crippen LogP contribution is 2.52. The number of aryl methyl sites for hydroxylation is 1. The number of carbonyl (C=O) groups excluding carboxylic acids is 1. The molecule has 0 bridgehead atoms. The number of phenolic OH excluding ortho intramolecular Hbond substituents is 2. The van der Waals surface area contributed by atoms with E-state index in [1.54, 1.807) is 24.3 Å². The van der Waals surface area contributed by atoms with Gasteiger partial charge >= 0.3 is 5.97 Å². The molecule has 1 aliphatic heterocycles. The van der Waals surface area contributed by atoms with Gasteiger partial charge in [0.1, 0.15) is 11.5 Å². The van der Waals surface area contributed by atoms with Gasteiger partial charge in [0, 0.05) is 16.7 Å². The van der Waals surface area contributed by atoms with Gasteiger partial charge in [-0.2, -0.15) is 0 Å². The first kappa shape index (κ1) is 15.0. The molecular weight excluding hydrogens is 328 g/mol. The Morgan fingerprint density at radius 3 is 2.04 bits per heavy atom. The van der Waals surface area contributed by atoms with Gasteiger partial charge in [-0.3, -0.25) is 0 Å². The summed E-state index contributed by atoms with van der Waals surface area (Å²) in [5.41, 5.74) is 4.76. The largest absolute Gasteiger partial charge is 0.508 e. The molecule has 0 unspecified atom stereocenters. The zero-order chi connectivity index (χ0) is 18.1. The van der Waals surface area contributed by atoms with Gasteiger partial charge in [-0.05, 0) is 54.8 Å². The van der Waals surface area contributed by atoms with E-state index in [9.17, 15) is 15.0 Å². The molecule has 0 amide bonds. The molecule has 0 aromatic heterocycles. The van der Waals surface area contributed by atoms with Crippen LogP contribution in [0.1, 0.15) is 43.7 Å². The van der Waals surface area contributed by atoms with E-state index in [1.165, 1.54) is 0 Å². The maximum atomic E-state index is 12.7. The molecule has 1 aliphatic carbocycles. The van der Waals surface area contributed by atoms with Crippen LogP contribution in [0.15, 0.2) is 54.6 Å². The molecule has 0 radical (unpaired) electrons. The average Bonchev–Trinajstić information content (AvgIpc) is 2.87. The summed E-state index contributed by atoms with van der Waals surface area (Å²) in [4.78, 5) is 12.7. The number of aromatic hydroxyl groups is 2. The van der Waals surface area contributed by atoms with Gasteiger partial charge in [-0.25, -0.2) is 4.79 Å². The first-order valence-corrected chi connectivity index (χ1v) is 8.48. The van der Waals surface area contributed by atoms with Crippen LogP contribution in [0, 0.1) is 6.92 Å². The van der Waals surface area contributed by atoms with Gasteiger partial charge in [0.25, 0.3) is 0 Å². The molecule has 3 aromatic carbocycles. The van der Waals surface area contributed by atoms with Crippen LogP contribution in [-0.2, 0) is 16.8 Å². The van der Waals surface area contributed by atoms with Crippen LogP contribution in [0.5, 0.6) is 11.5 Å². The summed E-state index contributed by atoms with van der Waals surface area (Å²) in [6.07, 6.45) is 0.550. The Bertz CT molecular complexity index is 1050. The summed E-state index contributed by atoms with van der Waals surface area (Å²) in [5.74, 6) is -0.0319. The molecule has 0 saturated heterocycles. The summed E-state index contributed by atoms with van der Waals surface area (Å²) in [6.45, 7) is 1.94. The Labute approximate surface area is 150 Å². The fourth-order valence-corrected chi connectivity index (χ4v) is 4.27. The van der Waals surface area contributed by atoms with Gasteiger partial charge in [0.15, 0.2) is 5.60 Å². The van der Waals surface area contributed by atoms with Gasteiger partial charge in [-0.1, -0.05) is 29.8 Å². The van der Waals surface area contributed by atoms with E-state index in [2.05, 4.69) is 0 Å². The highest BCUT2D eigenvalue weighted by atomic mass is 16.6. The topological polar surface area (TPSA) is 66.8 Å². The third kappa shape index (κ3) is 1.81. The SMILES string of the molecule is Cc1ccc2c(c1)C(=O)OC21c2ccc(O)cc2Cc2cc(O)ccc21. The Morgan fingerprint density at radius 1 is 0.846 bits per heavy atom. The minimum Gasteiger partial charge on any atom is -0.508 e. The third-order valence-corrected chi connectivity index (χ3v) is 5.34. The molecule has 3 aromatic rings. The van der Waals surface area contributed by atoms with Crippen molar-refractivity contribution in [1.29, 1.82) is 0 Å². The van der Waals surface area contributed by atoms with Crippen molar-refractivity contribution in [3.05, 3.63) is 93.5 Å². The van der Waals surface area contributed by atoms with Crippen molar-refractivity contribution in [2.75, 3.05) is 0 Å². The summed E-state index contributed by atoms with van der Waals surface area (Å²) in [7, 11) is 0. The summed E-state index contributed by atoms with van der Waals surface area (Å²) < 4.78 is 6.05. The molecule has 0 saturated carbocycles. The lowest BCUT2D eigenvalue weighted by molar-refractivity contribution is 0.0240. The standard InChI is InChI=1S/C22H16O4/c1-12-2-5-20-17(8-12)21(25)26-22(20)18-6-3-15(23)10-13(18)9-14-11-16(24)4-7-19(14)22/h2-8,10-11,23-24H,9H2,1H3. The number of carbonyl (C=O) groups is 1. The monoisotopic (exact) mass is 344 g/mol. The maximum absolute atomic E-state index is 12.7. The van der Waals surface area contributed by atoms with E-state index < -0.39 is 5.60 Å². The van der Waals surface area contributed by atoms with Crippen LogP contribution < -0.4 is 0 Å². The second-order valence-corrected chi connectivity index (χ2v) is 6.98. The quantitative estimate of drug-likeness (QED) is 0.609. The molecule has 0 atom stereocenters. The number of phenols is 2. The Morgan fingerprint density at radius 2 is 1.42 bits per heavy atom. The summed E-state index contributed by atoms with van der Waals surface area (Å²) in [6, 6.07) is 16.0. The van der Waals surface area contributed by atoms with Crippen LogP contribution in [0.25, 0.3) is 0 Å². The first-order valence-electron chi connectivity index (χ1n) is 8.48. The van der Waals surface area contributed by atoms with E-state index in [0.717, 1.165) is 33.4 Å². The normalized spacial score (nSPS) is 16.0. The van der Waals surface area contributed by atoms with Crippen LogP contribution in [0.3, 0.4) is 0 Å². The van der Waals surface area contributed by atoms with Crippen molar-refractivity contribution in [2.45, 2.75) is 18.9 Å². The van der Waals surface area contributed by atoms with E-state index in [0.29, 0.717) is 12.0 Å². The van der Waals surface area contributed by atoms with Crippen molar-refractivity contribution in [3.63, 3.8) is 0 Å². The average molecular weight is 344 g/mol. The zero-order valence-electron chi connectivity index (χ0n) is 14.1. The molecule has 1 spiro atoms. The Kier molecular flexibility index (Phi) is 2.82. The second kappa shape index (κ2) is 4.88. The molecule has 2 N–H and O–H groups in total. The lowest BCUT2D eigenvalue weighted by Crippen LogP contribution is -2.34. The molecule has 5 rings (SSSR count). The highest BCUT2D eigenvalue weighted by Gasteiger charge is 2.52. The predicted octanol–water partition coefficient (Wildman–Crippen LogP) is 3.77. The van der Waals surface area contributed by atoms with Crippen LogP contribution in [-0.4, -0.2) is 16.2 Å². The van der Waals surface area contributed by atoms with Crippen molar-refractivity contribution < 1.29 is 19.7 Å². The molecule has 2 aliphatic rings. The van der Waals surface area contributed by atoms with E-state index in [4.69, 9.17) is 4.74 Å². The maximum Gasteiger partial charge on any atom is 0.340 e. The lowest BCUT2D eigenvalue weighted by atomic mass is 9.71. The molecule has 26 heavy (non-hydrogen) atoms. The van der Waals surface area contributed by atoms with Crippen molar-refractivity contribution in [3.8, 4) is 11.5 Å². The zero-order valence-corrected chi connectivity index (χ0v) is 14.1. The molecule has 4 nitrogen and oxygen atoms in total. The van der Waals surface area contributed by atoms with Gasteiger partial charge in [-0.15, -0.1) is 0 Å². The number of hydrogen-bond acceptors (Lipinski definition) is 4. The summed E-state index contributed by atoms with van der Waals surface area (Å²) >= 11 is 0. The minimum absolute atomic E-state index is 0.163. The fourth-order valence-electron chi connectivity index (χ4n) is 4.27. The molecule has 0 fully saturated rings. The van der Waals surface area contributed by atoms with Gasteiger partial charge < -0.3 is 14.9 Å². The van der Waals surface area contributed by atoms with Crippen LogP contribution in [0.4, 0.5) is 0 Å². The van der Waals surface area contributed by atoms with Crippen molar-refractivity contribution in [1.82, 2.24) is 0 Å². The fraction of sp³-hybridized carbons (Fsp3) is 0.136. The number of hydrogen-bond donors (Lipinski definition) is 2. The van der Waals surface area contributed by atoms with Crippen LogP contribution >= 0.6 is 0 Å². The number of benzene rings is 3. The van der Waals surface area contributed by atoms with Crippen LogP contribution in [0.2, 0.25) is 0 Å². The second-order valence-electron chi connectivity index (χ2n) is 6.98. The third-order valence-electron chi connectivity index (χ3n) is 5.34. The number of fused-ring (bicyclic) bond motifs is 6.